The van der Waals surface area contributed by atoms with Gasteiger partial charge in [0.25, 0.3) is 5.91 Å². The summed E-state index contributed by atoms with van der Waals surface area (Å²) < 4.78 is 1.59. The monoisotopic (exact) mass is 239 g/mol. The van der Waals surface area contributed by atoms with Crippen LogP contribution >= 0.6 is 0 Å². The molecule has 0 radical (unpaired) electrons. The number of nitrogens with two attached hydrogens (primary N) is 1. The van der Waals surface area contributed by atoms with Crippen LogP contribution in [0.1, 0.15) is 29.9 Å². The van der Waals surface area contributed by atoms with Gasteiger partial charge in [0.2, 0.25) is 0 Å². The van der Waals surface area contributed by atoms with Gasteiger partial charge in [-0.3, -0.25) is 9.48 Å². The first-order valence-corrected chi connectivity index (χ1v) is 5.30. The molecule has 7 nitrogen and oxygen atoms in total. The van der Waals surface area contributed by atoms with Crippen LogP contribution in [0.2, 0.25) is 0 Å². The van der Waals surface area contributed by atoms with Gasteiger partial charge >= 0.3 is 0 Å². The number of rotatable bonds is 4. The molecule has 94 valence electrons. The predicted molar refractivity (Wildman–Crippen MR) is 62.9 cm³/mol. The van der Waals surface area contributed by atoms with Crippen molar-refractivity contribution in [2.24, 2.45) is 17.9 Å². The number of carbonyl (C=O) groups excluding carboxylic acids is 1. The predicted octanol–water partition coefficient (Wildman–Crippen LogP) is -0.153. The summed E-state index contributed by atoms with van der Waals surface area (Å²) in [7, 11) is 1.75. The van der Waals surface area contributed by atoms with Crippen LogP contribution < -0.4 is 11.1 Å². The van der Waals surface area contributed by atoms with Gasteiger partial charge in [0.05, 0.1) is 17.3 Å². The second kappa shape index (κ2) is 5.33. The smallest absolute Gasteiger partial charge is 0.255 e. The molecule has 1 atom stereocenters. The van der Waals surface area contributed by atoms with Crippen LogP contribution in [0.4, 0.5) is 0 Å². The Morgan fingerprint density at radius 2 is 2.41 bits per heavy atom. The molecule has 1 aromatic heterocycles. The van der Waals surface area contributed by atoms with Crippen LogP contribution in [0.15, 0.2) is 11.4 Å². The van der Waals surface area contributed by atoms with Gasteiger partial charge in [-0.25, -0.2) is 0 Å². The van der Waals surface area contributed by atoms with Crippen molar-refractivity contribution in [3.05, 3.63) is 17.5 Å². The molecular weight excluding hydrogens is 222 g/mol. The molecule has 7 heteroatoms. The van der Waals surface area contributed by atoms with E-state index in [4.69, 9.17) is 10.9 Å². The first-order valence-electron chi connectivity index (χ1n) is 5.30. The second-order valence-corrected chi connectivity index (χ2v) is 3.74. The van der Waals surface area contributed by atoms with Gasteiger partial charge in [-0.15, -0.1) is 0 Å². The van der Waals surface area contributed by atoms with Crippen molar-refractivity contribution >= 4 is 11.7 Å². The maximum absolute atomic E-state index is 11.9. The highest BCUT2D eigenvalue weighted by Gasteiger charge is 2.17. The van der Waals surface area contributed by atoms with Crippen molar-refractivity contribution in [1.29, 1.82) is 0 Å². The van der Waals surface area contributed by atoms with E-state index in [9.17, 15) is 4.79 Å². The number of amidine groups is 1. The summed E-state index contributed by atoms with van der Waals surface area (Å²) in [6.45, 7) is 3.56. The van der Waals surface area contributed by atoms with Crippen LogP contribution in [0.3, 0.4) is 0 Å². The normalized spacial score (nSPS) is 13.5. The Bertz CT molecular complexity index is 438. The van der Waals surface area contributed by atoms with Crippen molar-refractivity contribution in [2.75, 3.05) is 0 Å². The Morgan fingerprint density at radius 1 is 1.76 bits per heavy atom. The maximum atomic E-state index is 11.9. The minimum Gasteiger partial charge on any atom is -0.409 e. The molecule has 4 N–H and O–H groups in total. The van der Waals surface area contributed by atoms with Crippen molar-refractivity contribution in [2.45, 2.75) is 26.3 Å². The summed E-state index contributed by atoms with van der Waals surface area (Å²) in [5, 5.41) is 18.1. The van der Waals surface area contributed by atoms with Gasteiger partial charge in [0, 0.05) is 13.2 Å². The van der Waals surface area contributed by atoms with Crippen LogP contribution in [0, 0.1) is 0 Å². The zero-order valence-electron chi connectivity index (χ0n) is 10.1. The number of hydrogen-bond donors (Lipinski definition) is 3. The van der Waals surface area contributed by atoms with Gasteiger partial charge in [0.15, 0.2) is 5.84 Å². The summed E-state index contributed by atoms with van der Waals surface area (Å²) in [6, 6.07) is -0.530. The Kier molecular flexibility index (Phi) is 4.08. The topological polar surface area (TPSA) is 106 Å². The molecule has 0 saturated heterocycles. The standard InChI is InChI=1S/C10H17N5O2/c1-4-8-7(5-15(3)13-8)10(16)12-6(2)9(11)14-17/h5-6,17H,4H2,1-3H3,(H2,11,14)(H,12,16). The molecule has 1 heterocycles. The van der Waals surface area contributed by atoms with E-state index in [2.05, 4.69) is 15.6 Å². The van der Waals surface area contributed by atoms with E-state index in [-0.39, 0.29) is 11.7 Å². The molecule has 1 amide bonds. The third kappa shape index (κ3) is 2.96. The Balaban J connectivity index is 2.83. The van der Waals surface area contributed by atoms with E-state index in [1.165, 1.54) is 0 Å². The van der Waals surface area contributed by atoms with Crippen molar-refractivity contribution in [3.63, 3.8) is 0 Å². The number of aryl methyl sites for hydroxylation is 2. The highest BCUT2D eigenvalue weighted by atomic mass is 16.4. The lowest BCUT2D eigenvalue weighted by Gasteiger charge is -2.11. The molecule has 0 fully saturated rings. The number of aromatic nitrogens is 2. The van der Waals surface area contributed by atoms with E-state index in [1.807, 2.05) is 6.92 Å². The molecule has 0 aliphatic rings. The average Bonchev–Trinajstić information content (AvgIpc) is 2.69. The molecule has 0 aliphatic heterocycles. The summed E-state index contributed by atoms with van der Waals surface area (Å²) in [4.78, 5) is 11.9. The minimum absolute atomic E-state index is 0.0414. The van der Waals surface area contributed by atoms with Gasteiger partial charge in [-0.1, -0.05) is 12.1 Å². The third-order valence-corrected chi connectivity index (χ3v) is 2.39. The maximum Gasteiger partial charge on any atom is 0.255 e. The lowest BCUT2D eigenvalue weighted by Crippen LogP contribution is -2.42. The number of amides is 1. The molecular formula is C10H17N5O2. The number of oxime groups is 1. The van der Waals surface area contributed by atoms with E-state index in [0.717, 1.165) is 5.69 Å². The van der Waals surface area contributed by atoms with E-state index in [1.54, 1.807) is 24.9 Å². The minimum atomic E-state index is -0.530. The van der Waals surface area contributed by atoms with Gasteiger partial charge in [-0.2, -0.15) is 5.10 Å². The van der Waals surface area contributed by atoms with Gasteiger partial charge in [0.1, 0.15) is 0 Å². The largest absolute Gasteiger partial charge is 0.409 e. The molecule has 1 aromatic rings. The zero-order valence-corrected chi connectivity index (χ0v) is 10.1. The molecule has 1 unspecified atom stereocenters. The molecule has 0 spiro atoms. The van der Waals surface area contributed by atoms with E-state index in [0.29, 0.717) is 12.0 Å². The fourth-order valence-electron chi connectivity index (χ4n) is 1.42. The number of nitrogens with one attached hydrogen (secondary N) is 1. The van der Waals surface area contributed by atoms with Gasteiger partial charge in [-0.05, 0) is 13.3 Å². The quantitative estimate of drug-likeness (QED) is 0.294. The molecule has 1 rings (SSSR count). The van der Waals surface area contributed by atoms with Crippen LogP contribution in [-0.2, 0) is 13.5 Å². The molecule has 0 aromatic carbocycles. The molecule has 0 aliphatic carbocycles. The molecule has 17 heavy (non-hydrogen) atoms. The summed E-state index contributed by atoms with van der Waals surface area (Å²) in [5.74, 6) is -0.325. The second-order valence-electron chi connectivity index (χ2n) is 3.74. The summed E-state index contributed by atoms with van der Waals surface area (Å²) >= 11 is 0. The van der Waals surface area contributed by atoms with Crippen molar-refractivity contribution in [3.8, 4) is 0 Å². The first-order chi connectivity index (χ1) is 7.99. The fraction of sp³-hybridized carbons (Fsp3) is 0.500. The van der Waals surface area contributed by atoms with Crippen molar-refractivity contribution in [1.82, 2.24) is 15.1 Å². The Morgan fingerprint density at radius 3 is 2.94 bits per heavy atom. The fourth-order valence-corrected chi connectivity index (χ4v) is 1.42. The van der Waals surface area contributed by atoms with Crippen molar-refractivity contribution < 1.29 is 10.0 Å². The zero-order chi connectivity index (χ0) is 13.0. The number of carbonyl (C=O) groups is 1. The van der Waals surface area contributed by atoms with Crippen LogP contribution in [-0.4, -0.2) is 32.8 Å². The SMILES string of the molecule is CCc1nn(C)cc1C(=O)NC(C)/C(N)=N/O. The summed E-state index contributed by atoms with van der Waals surface area (Å²) in [5.41, 5.74) is 6.61. The lowest BCUT2D eigenvalue weighted by atomic mass is 10.2. The summed E-state index contributed by atoms with van der Waals surface area (Å²) in [6.07, 6.45) is 2.31. The van der Waals surface area contributed by atoms with E-state index < -0.39 is 6.04 Å². The van der Waals surface area contributed by atoms with Crippen LogP contribution in [0.5, 0.6) is 0 Å². The Hall–Kier alpha value is -2.05. The Labute approximate surface area is 99.3 Å². The van der Waals surface area contributed by atoms with Crippen LogP contribution in [0.25, 0.3) is 0 Å². The highest BCUT2D eigenvalue weighted by molar-refractivity contribution is 5.98. The lowest BCUT2D eigenvalue weighted by molar-refractivity contribution is 0.0947. The number of hydrogen-bond acceptors (Lipinski definition) is 4. The molecule has 0 bridgehead atoms. The third-order valence-electron chi connectivity index (χ3n) is 2.39. The van der Waals surface area contributed by atoms with E-state index >= 15 is 0 Å². The number of nitrogens with zero attached hydrogens (tertiary/aromatic N) is 3. The average molecular weight is 239 g/mol. The van der Waals surface area contributed by atoms with Gasteiger partial charge < -0.3 is 16.3 Å². The highest BCUT2D eigenvalue weighted by Crippen LogP contribution is 2.07. The molecule has 0 saturated carbocycles. The first kappa shape index (κ1) is 13.0.